The lowest BCUT2D eigenvalue weighted by molar-refractivity contribution is -0.134. The lowest BCUT2D eigenvalue weighted by atomic mass is 9.72. The van der Waals surface area contributed by atoms with Crippen molar-refractivity contribution in [3.63, 3.8) is 0 Å². The van der Waals surface area contributed by atoms with Crippen LogP contribution < -0.4 is 0 Å². The van der Waals surface area contributed by atoms with E-state index in [4.69, 9.17) is 4.74 Å². The monoisotopic (exact) mass is 400 g/mol. The maximum atomic E-state index is 11.7. The Balaban J connectivity index is 2.63. The van der Waals surface area contributed by atoms with Gasteiger partial charge in [0.1, 0.15) is 0 Å². The molecule has 0 atom stereocenters. The number of esters is 1. The second-order valence-electron chi connectivity index (χ2n) is 8.80. The van der Waals surface area contributed by atoms with E-state index in [2.05, 4.69) is 37.7 Å². The topological polar surface area (TPSA) is 52.6 Å². The summed E-state index contributed by atoms with van der Waals surface area (Å²) in [6.07, 6.45) is 14.0. The van der Waals surface area contributed by atoms with Crippen molar-refractivity contribution in [1.82, 2.24) is 0 Å². The van der Waals surface area contributed by atoms with Gasteiger partial charge in [-0.15, -0.1) is 0 Å². The summed E-state index contributed by atoms with van der Waals surface area (Å²) < 4.78 is 9.41. The van der Waals surface area contributed by atoms with E-state index < -0.39 is 12.1 Å². The number of hydrogen-bond acceptors (Lipinski definition) is 4. The normalized spacial score (nSPS) is 18.1. The van der Waals surface area contributed by atoms with Crippen LogP contribution in [0, 0.1) is 11.3 Å². The summed E-state index contributed by atoms with van der Waals surface area (Å²) in [5, 5.41) is 0. The van der Waals surface area contributed by atoms with Crippen LogP contribution >= 0.6 is 0 Å². The van der Waals surface area contributed by atoms with Crippen LogP contribution in [0.15, 0.2) is 58.7 Å². The lowest BCUT2D eigenvalue weighted by Crippen LogP contribution is -2.19. The largest absolute Gasteiger partial charge is 0.516 e. The van der Waals surface area contributed by atoms with Gasteiger partial charge in [-0.05, 0) is 62.5 Å². The van der Waals surface area contributed by atoms with Gasteiger partial charge < -0.3 is 9.47 Å². The minimum Gasteiger partial charge on any atom is -0.434 e. The first kappa shape index (κ1) is 24.7. The highest BCUT2D eigenvalue weighted by atomic mass is 16.7. The molecule has 1 rings (SSSR count). The van der Waals surface area contributed by atoms with Crippen molar-refractivity contribution in [3.8, 4) is 0 Å². The smallest absolute Gasteiger partial charge is 0.434 e. The Morgan fingerprint density at radius 3 is 2.45 bits per heavy atom. The maximum Gasteiger partial charge on any atom is 0.516 e. The molecule has 0 aromatic carbocycles. The van der Waals surface area contributed by atoms with Crippen LogP contribution in [0.1, 0.15) is 67.7 Å². The van der Waals surface area contributed by atoms with Crippen LogP contribution in [-0.2, 0) is 14.3 Å². The van der Waals surface area contributed by atoms with E-state index in [9.17, 15) is 9.59 Å². The molecule has 0 unspecified atom stereocenters. The van der Waals surface area contributed by atoms with Crippen LogP contribution in [0.4, 0.5) is 4.79 Å². The molecule has 4 nitrogen and oxygen atoms in total. The molecule has 0 spiro atoms. The van der Waals surface area contributed by atoms with E-state index in [0.717, 1.165) is 5.57 Å². The number of rotatable bonds is 7. The summed E-state index contributed by atoms with van der Waals surface area (Å²) in [6, 6.07) is 0. The molecular formula is C25H36O4. The molecule has 0 fully saturated rings. The quantitative estimate of drug-likeness (QED) is 0.203. The van der Waals surface area contributed by atoms with Gasteiger partial charge in [-0.2, -0.15) is 0 Å². The fraction of sp³-hybridized carbons (Fsp3) is 0.520. The first-order valence-electron chi connectivity index (χ1n) is 10.3. The van der Waals surface area contributed by atoms with E-state index in [0.29, 0.717) is 5.57 Å². The fourth-order valence-electron chi connectivity index (χ4n) is 3.24. The molecule has 0 aliphatic heterocycles. The second-order valence-corrected chi connectivity index (χ2v) is 8.80. The van der Waals surface area contributed by atoms with Gasteiger partial charge in [-0.25, -0.2) is 9.59 Å². The fourth-order valence-corrected chi connectivity index (χ4v) is 3.24. The van der Waals surface area contributed by atoms with Gasteiger partial charge in [0.25, 0.3) is 0 Å². The van der Waals surface area contributed by atoms with E-state index in [1.165, 1.54) is 36.5 Å². The standard InChI is InChI=1S/C25H36O4/c1-18(2)17-28-24(27)29-23(26)16-20(4)11-8-10-19(3)13-14-22-21(5)12-9-15-25(22,6)7/h8,10-11,13-14,16,18H,9,12,15,17H2,1-7H3/b11-8+,14-13+,19-10+,20-16+. The van der Waals surface area contributed by atoms with Gasteiger partial charge in [0.15, 0.2) is 0 Å². The Labute approximate surface area is 176 Å². The molecule has 0 aromatic heterocycles. The highest BCUT2D eigenvalue weighted by molar-refractivity contribution is 5.90. The van der Waals surface area contributed by atoms with E-state index in [1.54, 1.807) is 13.0 Å². The summed E-state index contributed by atoms with van der Waals surface area (Å²) in [4.78, 5) is 23.1. The molecule has 4 heteroatoms. The van der Waals surface area contributed by atoms with Gasteiger partial charge in [-0.3, -0.25) is 0 Å². The zero-order chi connectivity index (χ0) is 22.0. The summed E-state index contributed by atoms with van der Waals surface area (Å²) in [7, 11) is 0. The molecular weight excluding hydrogens is 364 g/mol. The van der Waals surface area contributed by atoms with Crippen LogP contribution in [0.2, 0.25) is 0 Å². The molecule has 0 saturated heterocycles. The molecule has 0 bridgehead atoms. The van der Waals surface area contributed by atoms with Gasteiger partial charge in [-0.1, -0.05) is 69.2 Å². The third-order valence-electron chi connectivity index (χ3n) is 4.84. The molecule has 0 radical (unpaired) electrons. The van der Waals surface area contributed by atoms with Crippen molar-refractivity contribution >= 4 is 12.1 Å². The molecule has 0 saturated carbocycles. The summed E-state index contributed by atoms with van der Waals surface area (Å²) >= 11 is 0. The number of carbonyl (C=O) groups is 2. The first-order chi connectivity index (χ1) is 13.5. The van der Waals surface area contributed by atoms with Crippen molar-refractivity contribution in [2.45, 2.75) is 67.7 Å². The molecule has 0 aromatic rings. The van der Waals surface area contributed by atoms with E-state index in [-0.39, 0.29) is 17.9 Å². The Bertz CT molecular complexity index is 743. The Kier molecular flexibility index (Phi) is 9.87. The van der Waals surface area contributed by atoms with Crippen molar-refractivity contribution in [2.24, 2.45) is 11.3 Å². The van der Waals surface area contributed by atoms with E-state index >= 15 is 0 Å². The predicted octanol–water partition coefficient (Wildman–Crippen LogP) is 6.85. The van der Waals surface area contributed by atoms with Gasteiger partial charge in [0.2, 0.25) is 0 Å². The van der Waals surface area contributed by atoms with Crippen molar-refractivity contribution < 1.29 is 19.1 Å². The van der Waals surface area contributed by atoms with Crippen LogP contribution in [-0.4, -0.2) is 18.7 Å². The van der Waals surface area contributed by atoms with Crippen LogP contribution in [0.25, 0.3) is 0 Å². The molecule has 1 aliphatic rings. The Hall–Kier alpha value is -2.36. The minimum atomic E-state index is -0.965. The summed E-state index contributed by atoms with van der Waals surface area (Å²) in [5.74, 6) is -0.547. The van der Waals surface area contributed by atoms with Crippen LogP contribution in [0.5, 0.6) is 0 Å². The first-order valence-corrected chi connectivity index (χ1v) is 10.3. The maximum absolute atomic E-state index is 11.7. The minimum absolute atomic E-state index is 0.186. The third-order valence-corrected chi connectivity index (χ3v) is 4.84. The van der Waals surface area contributed by atoms with Crippen LogP contribution in [0.3, 0.4) is 0 Å². The number of allylic oxidation sites excluding steroid dienone is 9. The lowest BCUT2D eigenvalue weighted by Gasteiger charge is -2.32. The zero-order valence-electron chi connectivity index (χ0n) is 19.0. The molecule has 0 amide bonds. The van der Waals surface area contributed by atoms with E-state index in [1.807, 2.05) is 32.9 Å². The van der Waals surface area contributed by atoms with Gasteiger partial charge in [0.05, 0.1) is 6.61 Å². The number of hydrogen-bond donors (Lipinski definition) is 0. The molecule has 160 valence electrons. The Morgan fingerprint density at radius 1 is 1.14 bits per heavy atom. The van der Waals surface area contributed by atoms with Crippen molar-refractivity contribution in [3.05, 3.63) is 58.7 Å². The predicted molar refractivity (Wildman–Crippen MR) is 118 cm³/mol. The van der Waals surface area contributed by atoms with Crippen molar-refractivity contribution in [1.29, 1.82) is 0 Å². The van der Waals surface area contributed by atoms with Gasteiger partial charge >= 0.3 is 12.1 Å². The Morgan fingerprint density at radius 2 is 1.83 bits per heavy atom. The molecule has 0 heterocycles. The summed E-state index contributed by atoms with van der Waals surface area (Å²) in [6.45, 7) is 14.7. The summed E-state index contributed by atoms with van der Waals surface area (Å²) in [5.41, 5.74) is 4.95. The zero-order valence-corrected chi connectivity index (χ0v) is 19.0. The molecule has 29 heavy (non-hydrogen) atoms. The number of ether oxygens (including phenoxy) is 2. The highest BCUT2D eigenvalue weighted by Crippen LogP contribution is 2.40. The molecule has 1 aliphatic carbocycles. The van der Waals surface area contributed by atoms with Gasteiger partial charge in [0, 0.05) is 6.08 Å². The number of carbonyl (C=O) groups excluding carboxylic acids is 2. The average Bonchev–Trinajstić information content (AvgIpc) is 2.58. The third kappa shape index (κ3) is 9.60. The molecule has 0 N–H and O–H groups in total. The van der Waals surface area contributed by atoms with Crippen molar-refractivity contribution in [2.75, 3.05) is 6.61 Å². The second kappa shape index (κ2) is 11.6. The SMILES string of the molecule is CC1=C(/C=C/C(C)=C/C=C/C(C)=C/C(=O)OC(=O)OCC(C)C)C(C)(C)CCC1. The highest BCUT2D eigenvalue weighted by Gasteiger charge is 2.26. The average molecular weight is 401 g/mol.